The molecule has 1 aromatic carbocycles. The first-order valence-electron chi connectivity index (χ1n) is 5.99. The molecule has 0 radical (unpaired) electrons. The number of hydrogen-bond acceptors (Lipinski definition) is 6. The fourth-order valence-electron chi connectivity index (χ4n) is 1.61. The van der Waals surface area contributed by atoms with Gasteiger partial charge in [-0.25, -0.2) is 27.0 Å². The van der Waals surface area contributed by atoms with Crippen molar-refractivity contribution in [2.24, 2.45) is 5.14 Å². The van der Waals surface area contributed by atoms with Crippen molar-refractivity contribution in [2.45, 2.75) is 9.79 Å². The molecule has 2 rings (SSSR count). The lowest BCUT2D eigenvalue weighted by molar-refractivity contribution is 0.412. The summed E-state index contributed by atoms with van der Waals surface area (Å²) in [5, 5.41) is 5.00. The monoisotopic (exact) mass is 421 g/mol. The first-order chi connectivity index (χ1) is 10.6. The minimum atomic E-state index is -4.04. The molecule has 0 spiro atoms. The Morgan fingerprint density at radius 3 is 2.39 bits per heavy atom. The Morgan fingerprint density at radius 2 is 1.83 bits per heavy atom. The smallest absolute Gasteiger partial charge is 0.263 e. The molecule has 0 atom stereocenters. The molecule has 0 aliphatic heterocycles. The standard InChI is InChI=1S/C12H12BrN3O5S2/c1-21-8-5-11(13)12(15-7-8)16-23(19,20)10-4-2-3-9(6-10)22(14,17)18/h2-7H,1H3,(H,15,16)(H2,14,17,18). The van der Waals surface area contributed by atoms with Gasteiger partial charge >= 0.3 is 0 Å². The summed E-state index contributed by atoms with van der Waals surface area (Å²) in [5.74, 6) is 0.475. The lowest BCUT2D eigenvalue weighted by Crippen LogP contribution is -2.16. The minimum Gasteiger partial charge on any atom is -0.495 e. The second-order valence-electron chi connectivity index (χ2n) is 4.33. The highest BCUT2D eigenvalue weighted by Crippen LogP contribution is 2.26. The average Bonchev–Trinajstić information content (AvgIpc) is 2.48. The summed E-state index contributed by atoms with van der Waals surface area (Å²) in [4.78, 5) is 3.37. The zero-order chi connectivity index (χ0) is 17.3. The predicted octanol–water partition coefficient (Wildman–Crippen LogP) is 1.30. The third-order valence-corrected chi connectivity index (χ3v) is 5.58. The van der Waals surface area contributed by atoms with Gasteiger partial charge in [-0.05, 0) is 40.2 Å². The van der Waals surface area contributed by atoms with Crippen LogP contribution in [0.15, 0.2) is 50.8 Å². The maximum Gasteiger partial charge on any atom is 0.263 e. The van der Waals surface area contributed by atoms with Crippen LogP contribution in [0.4, 0.5) is 5.82 Å². The number of rotatable bonds is 5. The molecule has 1 heterocycles. The number of halogens is 1. The lowest BCUT2D eigenvalue weighted by Gasteiger charge is -2.10. The highest BCUT2D eigenvalue weighted by atomic mass is 79.9. The maximum absolute atomic E-state index is 12.3. The van der Waals surface area contributed by atoms with Crippen molar-refractivity contribution in [3.63, 3.8) is 0 Å². The number of aromatic nitrogens is 1. The van der Waals surface area contributed by atoms with E-state index in [1.165, 1.54) is 37.6 Å². The van der Waals surface area contributed by atoms with E-state index in [9.17, 15) is 16.8 Å². The predicted molar refractivity (Wildman–Crippen MR) is 87.1 cm³/mol. The van der Waals surface area contributed by atoms with Crippen LogP contribution in [0.25, 0.3) is 0 Å². The number of benzene rings is 1. The number of nitrogens with two attached hydrogens (primary N) is 1. The summed E-state index contributed by atoms with van der Waals surface area (Å²) in [6, 6.07) is 6.23. The van der Waals surface area contributed by atoms with Gasteiger partial charge in [-0.15, -0.1) is 0 Å². The van der Waals surface area contributed by atoms with Crippen LogP contribution in [0.3, 0.4) is 0 Å². The minimum absolute atomic E-state index is 0.0341. The Balaban J connectivity index is 2.40. The van der Waals surface area contributed by atoms with Crippen molar-refractivity contribution in [3.8, 4) is 5.75 Å². The van der Waals surface area contributed by atoms with Gasteiger partial charge < -0.3 is 4.74 Å². The molecule has 0 aliphatic carbocycles. The van der Waals surface area contributed by atoms with E-state index in [0.717, 1.165) is 6.07 Å². The molecule has 0 saturated heterocycles. The van der Waals surface area contributed by atoms with Crippen molar-refractivity contribution in [1.29, 1.82) is 0 Å². The van der Waals surface area contributed by atoms with E-state index in [0.29, 0.717) is 10.2 Å². The van der Waals surface area contributed by atoms with E-state index in [4.69, 9.17) is 9.88 Å². The van der Waals surface area contributed by atoms with Crippen molar-refractivity contribution >= 4 is 41.8 Å². The third-order valence-electron chi connectivity index (χ3n) is 2.73. The first kappa shape index (κ1) is 17.7. The normalized spacial score (nSPS) is 12.0. The van der Waals surface area contributed by atoms with Gasteiger partial charge in [0.15, 0.2) is 5.82 Å². The summed E-state index contributed by atoms with van der Waals surface area (Å²) in [6.07, 6.45) is 1.34. The Labute approximate surface area is 141 Å². The van der Waals surface area contributed by atoms with E-state index >= 15 is 0 Å². The lowest BCUT2D eigenvalue weighted by atomic mass is 10.4. The number of methoxy groups -OCH3 is 1. The number of sulfonamides is 2. The van der Waals surface area contributed by atoms with Gasteiger partial charge in [0.05, 0.1) is 27.6 Å². The Morgan fingerprint density at radius 1 is 1.17 bits per heavy atom. The van der Waals surface area contributed by atoms with Crippen LogP contribution in [0, 0.1) is 0 Å². The molecule has 0 saturated carbocycles. The summed E-state index contributed by atoms with van der Waals surface area (Å²) < 4.78 is 54.9. The number of nitrogens with zero attached hydrogens (tertiary/aromatic N) is 1. The van der Waals surface area contributed by atoms with Crippen LogP contribution in [0.5, 0.6) is 5.75 Å². The fraction of sp³-hybridized carbons (Fsp3) is 0.0833. The Bertz CT molecular complexity index is 945. The van der Waals surface area contributed by atoms with Gasteiger partial charge in [0.2, 0.25) is 10.0 Å². The Hall–Kier alpha value is -1.69. The third kappa shape index (κ3) is 4.19. The quantitative estimate of drug-likeness (QED) is 0.748. The highest BCUT2D eigenvalue weighted by Gasteiger charge is 2.19. The molecular weight excluding hydrogens is 410 g/mol. The molecule has 0 amide bonds. The second kappa shape index (κ2) is 6.43. The number of hydrogen-bond donors (Lipinski definition) is 2. The number of pyridine rings is 1. The SMILES string of the molecule is COc1cnc(NS(=O)(=O)c2cccc(S(N)(=O)=O)c2)c(Br)c1. The van der Waals surface area contributed by atoms with E-state index in [1.54, 1.807) is 0 Å². The van der Waals surface area contributed by atoms with Gasteiger partial charge in [-0.1, -0.05) is 6.07 Å². The van der Waals surface area contributed by atoms with Crippen LogP contribution in [0.1, 0.15) is 0 Å². The first-order valence-corrected chi connectivity index (χ1v) is 9.81. The van der Waals surface area contributed by atoms with Crippen LogP contribution >= 0.6 is 15.9 Å². The van der Waals surface area contributed by atoms with Gasteiger partial charge in [0.25, 0.3) is 10.0 Å². The summed E-state index contributed by atoms with van der Waals surface area (Å²) in [5.41, 5.74) is 0. The van der Waals surface area contributed by atoms with Crippen molar-refractivity contribution in [1.82, 2.24) is 4.98 Å². The van der Waals surface area contributed by atoms with Crippen molar-refractivity contribution in [3.05, 3.63) is 41.0 Å². The molecule has 3 N–H and O–H groups in total. The van der Waals surface area contributed by atoms with Crippen LogP contribution in [-0.4, -0.2) is 28.9 Å². The van der Waals surface area contributed by atoms with Gasteiger partial charge in [0.1, 0.15) is 5.75 Å². The molecule has 0 bridgehead atoms. The fourth-order valence-corrected chi connectivity index (χ4v) is 3.88. The summed E-state index contributed by atoms with van der Waals surface area (Å²) in [7, 11) is -6.60. The molecule has 1 aromatic heterocycles. The van der Waals surface area contributed by atoms with E-state index in [-0.39, 0.29) is 15.6 Å². The molecule has 2 aromatic rings. The van der Waals surface area contributed by atoms with E-state index < -0.39 is 20.0 Å². The van der Waals surface area contributed by atoms with Gasteiger partial charge in [0, 0.05) is 0 Å². The van der Waals surface area contributed by atoms with Crippen LogP contribution in [0.2, 0.25) is 0 Å². The second-order valence-corrected chi connectivity index (χ2v) is 8.43. The molecule has 23 heavy (non-hydrogen) atoms. The molecule has 124 valence electrons. The van der Waals surface area contributed by atoms with E-state index in [1.807, 2.05) is 0 Å². The largest absolute Gasteiger partial charge is 0.495 e. The number of nitrogens with one attached hydrogen (secondary N) is 1. The van der Waals surface area contributed by atoms with Crippen molar-refractivity contribution < 1.29 is 21.6 Å². The van der Waals surface area contributed by atoms with Gasteiger partial charge in [-0.2, -0.15) is 0 Å². The molecule has 8 nitrogen and oxygen atoms in total. The van der Waals surface area contributed by atoms with Crippen LogP contribution in [-0.2, 0) is 20.0 Å². The van der Waals surface area contributed by atoms with Gasteiger partial charge in [-0.3, -0.25) is 4.72 Å². The maximum atomic E-state index is 12.3. The molecule has 11 heteroatoms. The number of primary sulfonamides is 1. The highest BCUT2D eigenvalue weighted by molar-refractivity contribution is 9.10. The zero-order valence-corrected chi connectivity index (χ0v) is 14.9. The van der Waals surface area contributed by atoms with Crippen LogP contribution < -0.4 is 14.6 Å². The number of anilines is 1. The Kier molecular flexibility index (Phi) is 4.94. The summed E-state index contributed by atoms with van der Waals surface area (Å²) in [6.45, 7) is 0. The van der Waals surface area contributed by atoms with E-state index in [2.05, 4.69) is 25.6 Å². The molecular formula is C12H12BrN3O5S2. The number of ether oxygens (including phenoxy) is 1. The average molecular weight is 422 g/mol. The topological polar surface area (TPSA) is 128 Å². The molecule has 0 aliphatic rings. The molecule has 0 unspecified atom stereocenters. The molecule has 0 fully saturated rings. The van der Waals surface area contributed by atoms with Crippen molar-refractivity contribution in [2.75, 3.05) is 11.8 Å². The summed E-state index contributed by atoms with van der Waals surface area (Å²) >= 11 is 3.17. The zero-order valence-electron chi connectivity index (χ0n) is 11.7.